The van der Waals surface area contributed by atoms with E-state index in [1.165, 1.54) is 10.4 Å². The van der Waals surface area contributed by atoms with E-state index >= 15 is 0 Å². The molecule has 0 bridgehead atoms. The van der Waals surface area contributed by atoms with E-state index in [-0.39, 0.29) is 19.1 Å². The average molecular weight is 406 g/mol. The molecule has 0 N–H and O–H groups in total. The number of para-hydroxylation sites is 1. The van der Waals surface area contributed by atoms with E-state index in [2.05, 4.69) is 53.5 Å². The van der Waals surface area contributed by atoms with Crippen molar-refractivity contribution in [2.24, 2.45) is 0 Å². The monoisotopic (exact) mass is 405 g/mol. The van der Waals surface area contributed by atoms with Gasteiger partial charge in [-0.25, -0.2) is 0 Å². The zero-order valence-electron chi connectivity index (χ0n) is 17.4. The highest BCUT2D eigenvalue weighted by molar-refractivity contribution is 5.76. The molecule has 1 amide bonds. The number of benzene rings is 2. The smallest absolute Gasteiger partial charge is 0.246 e. The molecule has 2 aromatic carbocycles. The fraction of sp³-hybridized carbons (Fsp3) is 0.391. The molecule has 30 heavy (non-hydrogen) atoms. The van der Waals surface area contributed by atoms with Crippen LogP contribution >= 0.6 is 0 Å². The average Bonchev–Trinajstić information content (AvgIpc) is 3.50. The standard InChI is InChI=1S/C23H27N5O2/c1-17(2)19-10-8-18(9-11-19)14-27(20-12-13-20)23(29)15-28-25-22(24-26-28)16-30-21-6-4-3-5-7-21/h3-11,17,20H,12-16H2,1-2H3. The molecular weight excluding hydrogens is 378 g/mol. The minimum atomic E-state index is 0.0124. The lowest BCUT2D eigenvalue weighted by Crippen LogP contribution is -2.35. The molecule has 0 radical (unpaired) electrons. The summed E-state index contributed by atoms with van der Waals surface area (Å²) in [7, 11) is 0. The van der Waals surface area contributed by atoms with Gasteiger partial charge in [-0.3, -0.25) is 4.79 Å². The third-order valence-electron chi connectivity index (χ3n) is 5.19. The number of carbonyl (C=O) groups is 1. The molecule has 156 valence electrons. The molecule has 1 heterocycles. The minimum absolute atomic E-state index is 0.0124. The molecule has 0 unspecified atom stereocenters. The van der Waals surface area contributed by atoms with Crippen LogP contribution in [-0.4, -0.2) is 37.1 Å². The molecule has 4 rings (SSSR count). The van der Waals surface area contributed by atoms with Crippen LogP contribution in [0.15, 0.2) is 54.6 Å². The molecule has 0 spiro atoms. The second kappa shape index (κ2) is 9.07. The summed E-state index contributed by atoms with van der Waals surface area (Å²) in [5, 5.41) is 12.3. The second-order valence-corrected chi connectivity index (χ2v) is 7.99. The van der Waals surface area contributed by atoms with Crippen molar-refractivity contribution in [2.45, 2.75) is 58.3 Å². The Kier molecular flexibility index (Phi) is 6.07. The Labute approximate surface area is 176 Å². The first-order chi connectivity index (χ1) is 14.6. The molecule has 3 aromatic rings. The molecule has 7 nitrogen and oxygen atoms in total. The van der Waals surface area contributed by atoms with E-state index in [1.807, 2.05) is 35.2 Å². The number of amides is 1. The Morgan fingerprint density at radius 1 is 1.13 bits per heavy atom. The normalized spacial score (nSPS) is 13.4. The van der Waals surface area contributed by atoms with Crippen LogP contribution in [0.1, 0.15) is 49.6 Å². The third-order valence-corrected chi connectivity index (χ3v) is 5.19. The summed E-state index contributed by atoms with van der Waals surface area (Å²) in [4.78, 5) is 16.2. The summed E-state index contributed by atoms with van der Waals surface area (Å²) in [6.07, 6.45) is 2.10. The zero-order valence-corrected chi connectivity index (χ0v) is 17.4. The quantitative estimate of drug-likeness (QED) is 0.544. The van der Waals surface area contributed by atoms with Gasteiger partial charge in [0.15, 0.2) is 6.61 Å². The van der Waals surface area contributed by atoms with Gasteiger partial charge >= 0.3 is 0 Å². The predicted octanol–water partition coefficient (Wildman–Crippen LogP) is 3.57. The molecule has 1 aliphatic carbocycles. The summed E-state index contributed by atoms with van der Waals surface area (Å²) < 4.78 is 5.64. The van der Waals surface area contributed by atoms with Crippen molar-refractivity contribution in [1.29, 1.82) is 0 Å². The Hall–Kier alpha value is -3.22. The van der Waals surface area contributed by atoms with Gasteiger partial charge < -0.3 is 9.64 Å². The van der Waals surface area contributed by atoms with Gasteiger partial charge in [0.1, 0.15) is 12.3 Å². The maximum atomic E-state index is 12.9. The lowest BCUT2D eigenvalue weighted by molar-refractivity contribution is -0.133. The van der Waals surface area contributed by atoms with Crippen molar-refractivity contribution in [2.75, 3.05) is 0 Å². The zero-order chi connectivity index (χ0) is 20.9. The maximum absolute atomic E-state index is 12.9. The molecule has 1 aromatic heterocycles. The number of hydrogen-bond donors (Lipinski definition) is 0. The number of aromatic nitrogens is 4. The number of rotatable bonds is 9. The third kappa shape index (κ3) is 5.23. The van der Waals surface area contributed by atoms with E-state index in [1.54, 1.807) is 0 Å². The predicted molar refractivity (Wildman–Crippen MR) is 113 cm³/mol. The maximum Gasteiger partial charge on any atom is 0.246 e. The molecular formula is C23H27N5O2. The molecule has 0 aliphatic heterocycles. The van der Waals surface area contributed by atoms with Crippen LogP contribution in [0.3, 0.4) is 0 Å². The first-order valence-corrected chi connectivity index (χ1v) is 10.4. The van der Waals surface area contributed by atoms with Crippen LogP contribution in [0.5, 0.6) is 5.75 Å². The van der Waals surface area contributed by atoms with Crippen LogP contribution in [0.25, 0.3) is 0 Å². The highest BCUT2D eigenvalue weighted by atomic mass is 16.5. The largest absolute Gasteiger partial charge is 0.485 e. The molecule has 1 saturated carbocycles. The minimum Gasteiger partial charge on any atom is -0.485 e. The summed E-state index contributed by atoms with van der Waals surface area (Å²) in [5.41, 5.74) is 2.45. The molecule has 1 aliphatic rings. The lowest BCUT2D eigenvalue weighted by Gasteiger charge is -2.22. The van der Waals surface area contributed by atoms with E-state index in [0.29, 0.717) is 24.3 Å². The lowest BCUT2D eigenvalue weighted by atomic mass is 10.0. The highest BCUT2D eigenvalue weighted by Crippen LogP contribution is 2.29. The van der Waals surface area contributed by atoms with E-state index in [0.717, 1.165) is 24.2 Å². The van der Waals surface area contributed by atoms with Crippen LogP contribution in [0.2, 0.25) is 0 Å². The molecule has 0 atom stereocenters. The highest BCUT2D eigenvalue weighted by Gasteiger charge is 2.32. The summed E-state index contributed by atoms with van der Waals surface area (Å²) in [6.45, 7) is 5.27. The van der Waals surface area contributed by atoms with E-state index in [4.69, 9.17) is 4.74 Å². The molecule has 0 saturated heterocycles. The SMILES string of the molecule is CC(C)c1ccc(CN(C(=O)Cn2nnc(COc3ccccc3)n2)C2CC2)cc1. The number of tetrazole rings is 1. The fourth-order valence-electron chi connectivity index (χ4n) is 3.29. The van der Waals surface area contributed by atoms with Gasteiger partial charge in [0.05, 0.1) is 0 Å². The Morgan fingerprint density at radius 2 is 1.87 bits per heavy atom. The van der Waals surface area contributed by atoms with Crippen molar-refractivity contribution < 1.29 is 9.53 Å². The Morgan fingerprint density at radius 3 is 2.53 bits per heavy atom. The van der Waals surface area contributed by atoms with Gasteiger partial charge in [-0.2, -0.15) is 4.80 Å². The van der Waals surface area contributed by atoms with Gasteiger partial charge in [-0.1, -0.05) is 56.3 Å². The number of hydrogen-bond acceptors (Lipinski definition) is 5. The Balaban J connectivity index is 1.35. The van der Waals surface area contributed by atoms with Crippen molar-refractivity contribution >= 4 is 5.91 Å². The van der Waals surface area contributed by atoms with Crippen LogP contribution in [0, 0.1) is 0 Å². The van der Waals surface area contributed by atoms with Crippen LogP contribution in [-0.2, 0) is 24.5 Å². The van der Waals surface area contributed by atoms with Crippen molar-refractivity contribution in [1.82, 2.24) is 25.1 Å². The van der Waals surface area contributed by atoms with Crippen molar-refractivity contribution in [3.8, 4) is 5.75 Å². The van der Waals surface area contributed by atoms with Crippen LogP contribution in [0.4, 0.5) is 0 Å². The van der Waals surface area contributed by atoms with Crippen molar-refractivity contribution in [3.63, 3.8) is 0 Å². The number of nitrogens with zero attached hydrogens (tertiary/aromatic N) is 5. The first-order valence-electron chi connectivity index (χ1n) is 10.4. The Bertz CT molecular complexity index is 965. The summed E-state index contributed by atoms with van der Waals surface area (Å²) >= 11 is 0. The van der Waals surface area contributed by atoms with Crippen LogP contribution < -0.4 is 4.74 Å². The van der Waals surface area contributed by atoms with E-state index < -0.39 is 0 Å². The summed E-state index contributed by atoms with van der Waals surface area (Å²) in [5.74, 6) is 1.71. The topological polar surface area (TPSA) is 73.1 Å². The fourth-order valence-corrected chi connectivity index (χ4v) is 3.29. The van der Waals surface area contributed by atoms with Gasteiger partial charge in [-0.05, 0) is 47.2 Å². The molecule has 7 heteroatoms. The van der Waals surface area contributed by atoms with Gasteiger partial charge in [-0.15, -0.1) is 10.2 Å². The van der Waals surface area contributed by atoms with Gasteiger partial charge in [0.25, 0.3) is 0 Å². The summed E-state index contributed by atoms with van der Waals surface area (Å²) in [6, 6.07) is 18.3. The van der Waals surface area contributed by atoms with Gasteiger partial charge in [0.2, 0.25) is 11.7 Å². The first kappa shape index (κ1) is 20.1. The van der Waals surface area contributed by atoms with Crippen molar-refractivity contribution in [3.05, 3.63) is 71.5 Å². The molecule has 1 fully saturated rings. The second-order valence-electron chi connectivity index (χ2n) is 7.99. The number of ether oxygens (including phenoxy) is 1. The van der Waals surface area contributed by atoms with Gasteiger partial charge in [0, 0.05) is 12.6 Å². The number of carbonyl (C=O) groups excluding carboxylic acids is 1. The van der Waals surface area contributed by atoms with E-state index in [9.17, 15) is 4.79 Å².